The molecule has 0 radical (unpaired) electrons. The van der Waals surface area contributed by atoms with E-state index in [1.54, 1.807) is 18.2 Å². The second kappa shape index (κ2) is 9.18. The second-order valence-electron chi connectivity index (χ2n) is 4.84. The van der Waals surface area contributed by atoms with Gasteiger partial charge in [-0.2, -0.15) is 0 Å². The Morgan fingerprint density at radius 2 is 2.00 bits per heavy atom. The van der Waals surface area contributed by atoms with Crippen LogP contribution in [0.25, 0.3) is 0 Å². The van der Waals surface area contributed by atoms with Gasteiger partial charge < -0.3 is 0 Å². The molecule has 1 atom stereocenters. The zero-order valence-corrected chi connectivity index (χ0v) is 15.9. The van der Waals surface area contributed by atoms with E-state index < -0.39 is 35.9 Å². The van der Waals surface area contributed by atoms with E-state index in [1.165, 1.54) is 12.1 Å². The molecule has 1 aliphatic rings. The normalized spacial score (nSPS) is 18.5. The van der Waals surface area contributed by atoms with E-state index in [0.717, 1.165) is 12.8 Å². The quantitative estimate of drug-likeness (QED) is 0.263. The first-order chi connectivity index (χ1) is 11.8. The van der Waals surface area contributed by atoms with Crippen LogP contribution in [0.5, 0.6) is 0 Å². The van der Waals surface area contributed by atoms with Gasteiger partial charge in [-0.3, -0.25) is 0 Å². The van der Waals surface area contributed by atoms with Crippen LogP contribution >= 0.6 is 20.2 Å². The van der Waals surface area contributed by atoms with Gasteiger partial charge in [0.15, 0.2) is 0 Å². The van der Waals surface area contributed by atoms with E-state index in [2.05, 4.69) is 12.4 Å². The Morgan fingerprint density at radius 3 is 2.60 bits per heavy atom. The average molecular weight is 492 g/mol. The van der Waals surface area contributed by atoms with E-state index in [0.29, 0.717) is 10.2 Å². The zero-order chi connectivity index (χ0) is 18.3. The molecule has 0 bridgehead atoms. The molecule has 0 aliphatic carbocycles. The number of benzene rings is 1. The van der Waals surface area contributed by atoms with Crippen LogP contribution in [0.3, 0.4) is 0 Å². The van der Waals surface area contributed by atoms with Crippen molar-refractivity contribution in [2.45, 2.75) is 31.1 Å². The number of alkyl halides is 3. The molecule has 1 fully saturated rings. The van der Waals surface area contributed by atoms with Crippen molar-refractivity contribution in [1.29, 1.82) is 0 Å². The molecule has 10 heteroatoms. The summed E-state index contributed by atoms with van der Waals surface area (Å²) >= 11 is -3.35. The summed E-state index contributed by atoms with van der Waals surface area (Å²) in [5.74, 6) is 2.66. The van der Waals surface area contributed by atoms with Gasteiger partial charge in [0.25, 0.3) is 0 Å². The summed E-state index contributed by atoms with van der Waals surface area (Å²) in [7, 11) is -5.68. The monoisotopic (exact) mass is 492 g/mol. The van der Waals surface area contributed by atoms with Crippen LogP contribution in [0.1, 0.15) is 19.3 Å². The van der Waals surface area contributed by atoms with Gasteiger partial charge in [0.1, 0.15) is 0 Å². The molecule has 5 nitrogen and oxygen atoms in total. The minimum atomic E-state index is -5.68. The van der Waals surface area contributed by atoms with Crippen LogP contribution < -0.4 is 0 Å². The summed E-state index contributed by atoms with van der Waals surface area (Å²) in [6.45, 7) is 0.895. The van der Waals surface area contributed by atoms with Crippen LogP contribution in [0.4, 0.5) is 13.2 Å². The van der Waals surface area contributed by atoms with Crippen molar-refractivity contribution in [2.24, 2.45) is 0 Å². The third-order valence-electron chi connectivity index (χ3n) is 2.93. The second-order valence-corrected chi connectivity index (χ2v) is 10.6. The molecule has 140 valence electrons. The maximum atomic E-state index is 12.6. The summed E-state index contributed by atoms with van der Waals surface area (Å²) in [4.78, 5) is 0. The van der Waals surface area contributed by atoms with Crippen molar-refractivity contribution < 1.29 is 33.6 Å². The van der Waals surface area contributed by atoms with Crippen molar-refractivity contribution in [3.05, 3.63) is 33.9 Å². The molecule has 1 aromatic rings. The van der Waals surface area contributed by atoms with Gasteiger partial charge in [-0.05, 0) is 0 Å². The van der Waals surface area contributed by atoms with E-state index in [-0.39, 0.29) is 19.3 Å². The number of hydrogen-bond donors (Lipinski definition) is 0. The van der Waals surface area contributed by atoms with Gasteiger partial charge in [0, 0.05) is 0 Å². The minimum absolute atomic E-state index is 0.246. The Labute approximate surface area is 151 Å². The number of halogens is 4. The molecule has 25 heavy (non-hydrogen) atoms. The van der Waals surface area contributed by atoms with Crippen LogP contribution in [-0.2, 0) is 22.1 Å². The summed E-state index contributed by atoms with van der Waals surface area (Å²) in [5.41, 5.74) is -5.47. The molecule has 0 spiro atoms. The van der Waals surface area contributed by atoms with Gasteiger partial charge in [-0.1, -0.05) is 0 Å². The molecule has 1 heterocycles. The summed E-state index contributed by atoms with van der Waals surface area (Å²) in [5, 5.41) is 0. The van der Waals surface area contributed by atoms with E-state index in [4.69, 9.17) is 9.47 Å². The molecule has 1 unspecified atom stereocenters. The van der Waals surface area contributed by atoms with Gasteiger partial charge in [-0.25, -0.2) is 0 Å². The summed E-state index contributed by atoms with van der Waals surface area (Å²) < 4.78 is 78.3. The first-order valence-electron chi connectivity index (χ1n) is 7.27. The number of ether oxygens (including phenoxy) is 2. The Bertz CT molecular complexity index is 706. The third-order valence-corrected chi connectivity index (χ3v) is 9.01. The molecule has 2 rings (SSSR count). The molecule has 0 saturated carbocycles. The van der Waals surface area contributed by atoms with E-state index in [9.17, 15) is 21.6 Å². The molecule has 0 amide bonds. The zero-order valence-electron chi connectivity index (χ0n) is 13.0. The fraction of sp³-hybridized carbons (Fsp3) is 0.467. The van der Waals surface area contributed by atoms with Gasteiger partial charge >= 0.3 is 152 Å². The third kappa shape index (κ3) is 6.41. The molecule has 1 saturated heterocycles. The Kier molecular flexibility index (Phi) is 7.51. The number of hydrogen-bond acceptors (Lipinski definition) is 5. The molecule has 1 aliphatic heterocycles. The van der Waals surface area contributed by atoms with Crippen molar-refractivity contribution in [2.75, 3.05) is 13.2 Å². The SMILES string of the molecule is O=S(=O)(OI(C#CCCOC1CCCO1)c1ccccc1)C(F)(F)F. The number of rotatable bonds is 6. The molecular formula is C15H16F3IO5S. The van der Waals surface area contributed by atoms with Crippen LogP contribution in [0.2, 0.25) is 0 Å². The first kappa shape index (κ1) is 20.4. The van der Waals surface area contributed by atoms with Crippen molar-refractivity contribution in [3.8, 4) is 9.85 Å². The molecule has 0 aromatic heterocycles. The predicted molar refractivity (Wildman–Crippen MR) is 92.5 cm³/mol. The van der Waals surface area contributed by atoms with Crippen molar-refractivity contribution in [3.63, 3.8) is 0 Å². The van der Waals surface area contributed by atoms with Gasteiger partial charge in [0.05, 0.1) is 0 Å². The Morgan fingerprint density at radius 1 is 1.28 bits per heavy atom. The Balaban J connectivity index is 2.02. The van der Waals surface area contributed by atoms with Crippen LogP contribution in [0, 0.1) is 13.4 Å². The first-order valence-corrected chi connectivity index (χ1v) is 11.7. The topological polar surface area (TPSA) is 61.8 Å². The molecule has 1 aromatic carbocycles. The van der Waals surface area contributed by atoms with Crippen molar-refractivity contribution in [1.82, 2.24) is 0 Å². The summed E-state index contributed by atoms with van der Waals surface area (Å²) in [6, 6.07) is 7.86. The van der Waals surface area contributed by atoms with Crippen molar-refractivity contribution >= 4 is 30.4 Å². The predicted octanol–water partition coefficient (Wildman–Crippen LogP) is 3.65. The summed E-state index contributed by atoms with van der Waals surface area (Å²) in [6.07, 6.45) is 1.69. The van der Waals surface area contributed by atoms with Crippen LogP contribution in [-0.4, -0.2) is 33.4 Å². The fourth-order valence-corrected chi connectivity index (χ4v) is 7.04. The standard InChI is InChI=1S/C15H16F3IO5S/c16-15(17,18)25(20,21)24-19(13-7-2-1-3-8-13)10-4-5-11-22-14-9-6-12-23-14/h1-3,7-8,14H,5-6,9,11-12H2. The van der Waals surface area contributed by atoms with Crippen LogP contribution in [0.15, 0.2) is 30.3 Å². The maximum absolute atomic E-state index is 12.6. The van der Waals surface area contributed by atoms with Gasteiger partial charge in [-0.15, -0.1) is 0 Å². The fourth-order valence-electron chi connectivity index (χ4n) is 1.78. The Hall–Kier alpha value is -0.870. The van der Waals surface area contributed by atoms with E-state index >= 15 is 0 Å². The van der Waals surface area contributed by atoms with E-state index in [1.807, 2.05) is 0 Å². The molecule has 0 N–H and O–H groups in total. The average Bonchev–Trinajstić information content (AvgIpc) is 3.06. The molecular weight excluding hydrogens is 476 g/mol. The van der Waals surface area contributed by atoms with Gasteiger partial charge in [0.2, 0.25) is 0 Å².